The SMILES string of the molecule is COc1ccc(/C=C2/SC(=S)N(C(=O)c3ccc(C)cc3)C2=O)cc1. The van der Waals surface area contributed by atoms with Gasteiger partial charge in [0.05, 0.1) is 12.0 Å². The van der Waals surface area contributed by atoms with E-state index in [-0.39, 0.29) is 4.32 Å². The van der Waals surface area contributed by atoms with Crippen LogP contribution in [0.1, 0.15) is 21.5 Å². The van der Waals surface area contributed by atoms with E-state index in [4.69, 9.17) is 17.0 Å². The molecule has 1 saturated heterocycles. The van der Waals surface area contributed by atoms with Crippen molar-refractivity contribution in [1.82, 2.24) is 4.90 Å². The fourth-order valence-electron chi connectivity index (χ4n) is 2.32. The molecule has 1 aliphatic heterocycles. The number of thioether (sulfide) groups is 1. The molecule has 0 radical (unpaired) electrons. The summed E-state index contributed by atoms with van der Waals surface area (Å²) >= 11 is 6.37. The third kappa shape index (κ3) is 3.65. The van der Waals surface area contributed by atoms with Gasteiger partial charge in [0, 0.05) is 5.56 Å². The average molecular weight is 369 g/mol. The highest BCUT2D eigenvalue weighted by molar-refractivity contribution is 8.26. The van der Waals surface area contributed by atoms with Crippen LogP contribution in [0.25, 0.3) is 6.08 Å². The molecule has 2 aromatic rings. The van der Waals surface area contributed by atoms with Crippen LogP contribution < -0.4 is 4.74 Å². The molecule has 0 atom stereocenters. The number of carbonyl (C=O) groups excluding carboxylic acids is 2. The number of rotatable bonds is 3. The van der Waals surface area contributed by atoms with Crippen LogP contribution in [-0.4, -0.2) is 28.1 Å². The zero-order valence-corrected chi connectivity index (χ0v) is 15.3. The molecule has 1 heterocycles. The van der Waals surface area contributed by atoms with Gasteiger partial charge in [-0.25, -0.2) is 4.90 Å². The van der Waals surface area contributed by atoms with Crippen molar-refractivity contribution < 1.29 is 14.3 Å². The zero-order chi connectivity index (χ0) is 18.0. The van der Waals surface area contributed by atoms with E-state index in [0.717, 1.165) is 33.5 Å². The normalized spacial score (nSPS) is 15.8. The van der Waals surface area contributed by atoms with Crippen molar-refractivity contribution in [3.63, 3.8) is 0 Å². The zero-order valence-electron chi connectivity index (χ0n) is 13.7. The summed E-state index contributed by atoms with van der Waals surface area (Å²) in [7, 11) is 1.59. The average Bonchev–Trinajstić information content (AvgIpc) is 2.89. The molecule has 0 N–H and O–H groups in total. The largest absolute Gasteiger partial charge is 0.497 e. The minimum Gasteiger partial charge on any atom is -0.497 e. The third-order valence-corrected chi connectivity index (χ3v) is 5.01. The summed E-state index contributed by atoms with van der Waals surface area (Å²) in [5, 5.41) is 0. The van der Waals surface area contributed by atoms with Gasteiger partial charge in [0.2, 0.25) is 0 Å². The number of methoxy groups -OCH3 is 1. The maximum Gasteiger partial charge on any atom is 0.273 e. The highest BCUT2D eigenvalue weighted by Crippen LogP contribution is 2.33. The number of hydrogen-bond acceptors (Lipinski definition) is 5. The predicted octanol–water partition coefficient (Wildman–Crippen LogP) is 4.05. The molecule has 0 aliphatic carbocycles. The van der Waals surface area contributed by atoms with Crippen LogP contribution in [0.15, 0.2) is 53.4 Å². The maximum atomic E-state index is 12.6. The number of aryl methyl sites for hydroxylation is 1. The lowest BCUT2D eigenvalue weighted by Crippen LogP contribution is -2.34. The first-order chi connectivity index (χ1) is 12.0. The van der Waals surface area contributed by atoms with Gasteiger partial charge in [-0.3, -0.25) is 9.59 Å². The molecule has 0 spiro atoms. The Hall–Kier alpha value is -2.44. The summed E-state index contributed by atoms with van der Waals surface area (Å²) in [6.45, 7) is 1.94. The first-order valence-corrected chi connectivity index (χ1v) is 8.75. The maximum absolute atomic E-state index is 12.6. The number of nitrogens with zero attached hydrogens (tertiary/aromatic N) is 1. The first kappa shape index (κ1) is 17.4. The molecule has 1 fully saturated rings. The van der Waals surface area contributed by atoms with Gasteiger partial charge in [0.15, 0.2) is 4.32 Å². The number of imide groups is 1. The molecule has 0 unspecified atom stereocenters. The van der Waals surface area contributed by atoms with Gasteiger partial charge in [-0.15, -0.1) is 0 Å². The topological polar surface area (TPSA) is 46.6 Å². The lowest BCUT2D eigenvalue weighted by Gasteiger charge is -2.12. The Balaban J connectivity index is 1.85. The monoisotopic (exact) mass is 369 g/mol. The molecular formula is C19H15NO3S2. The van der Waals surface area contributed by atoms with Crippen molar-refractivity contribution in [2.45, 2.75) is 6.92 Å². The van der Waals surface area contributed by atoms with E-state index < -0.39 is 11.8 Å². The summed E-state index contributed by atoms with van der Waals surface area (Å²) < 4.78 is 5.36. The number of carbonyl (C=O) groups is 2. The lowest BCUT2D eigenvalue weighted by molar-refractivity contribution is -0.120. The van der Waals surface area contributed by atoms with Crippen molar-refractivity contribution in [3.8, 4) is 5.75 Å². The Bertz CT molecular complexity index is 871. The van der Waals surface area contributed by atoms with Crippen LogP contribution in [0.3, 0.4) is 0 Å². The molecule has 6 heteroatoms. The van der Waals surface area contributed by atoms with Gasteiger partial charge >= 0.3 is 0 Å². The quantitative estimate of drug-likeness (QED) is 0.464. The smallest absolute Gasteiger partial charge is 0.273 e. The van der Waals surface area contributed by atoms with E-state index in [1.807, 2.05) is 43.3 Å². The van der Waals surface area contributed by atoms with Gasteiger partial charge in [-0.2, -0.15) is 0 Å². The molecule has 126 valence electrons. The van der Waals surface area contributed by atoms with E-state index >= 15 is 0 Å². The van der Waals surface area contributed by atoms with Crippen LogP contribution in [0.5, 0.6) is 5.75 Å². The fourth-order valence-corrected chi connectivity index (χ4v) is 3.57. The standard InChI is InChI=1S/C19H15NO3S2/c1-12-3-7-14(8-4-12)17(21)20-18(22)16(25-19(20)24)11-13-5-9-15(23-2)10-6-13/h3-11H,1-2H3/b16-11+. The van der Waals surface area contributed by atoms with Gasteiger partial charge in [0.25, 0.3) is 11.8 Å². The molecule has 2 amide bonds. The van der Waals surface area contributed by atoms with Crippen LogP contribution in [0.2, 0.25) is 0 Å². The van der Waals surface area contributed by atoms with Crippen molar-refractivity contribution in [2.24, 2.45) is 0 Å². The Morgan fingerprint density at radius 1 is 1.12 bits per heavy atom. The number of thiocarbonyl (C=S) groups is 1. The van der Waals surface area contributed by atoms with E-state index in [9.17, 15) is 9.59 Å². The Kier molecular flexibility index (Phi) is 5.01. The summed E-state index contributed by atoms with van der Waals surface area (Å²) in [5.74, 6) is -0.0590. The molecule has 0 aromatic heterocycles. The van der Waals surface area contributed by atoms with Crippen LogP contribution in [-0.2, 0) is 4.79 Å². The molecule has 4 nitrogen and oxygen atoms in total. The van der Waals surface area contributed by atoms with E-state index in [0.29, 0.717) is 10.5 Å². The van der Waals surface area contributed by atoms with Crippen LogP contribution >= 0.6 is 24.0 Å². The van der Waals surface area contributed by atoms with Crippen molar-refractivity contribution in [1.29, 1.82) is 0 Å². The summed E-state index contributed by atoms with van der Waals surface area (Å²) in [6, 6.07) is 14.4. The minimum atomic E-state index is -0.402. The molecule has 0 saturated carbocycles. The van der Waals surface area contributed by atoms with E-state index in [2.05, 4.69) is 0 Å². The number of amides is 2. The van der Waals surface area contributed by atoms with Crippen molar-refractivity contribution in [2.75, 3.05) is 7.11 Å². The van der Waals surface area contributed by atoms with Crippen molar-refractivity contribution in [3.05, 3.63) is 70.1 Å². The van der Waals surface area contributed by atoms with Gasteiger partial charge in [0.1, 0.15) is 5.75 Å². The highest BCUT2D eigenvalue weighted by Gasteiger charge is 2.37. The predicted molar refractivity (Wildman–Crippen MR) is 104 cm³/mol. The summed E-state index contributed by atoms with van der Waals surface area (Å²) in [6.07, 6.45) is 1.72. The summed E-state index contributed by atoms with van der Waals surface area (Å²) in [4.78, 5) is 26.7. The second kappa shape index (κ2) is 7.21. The van der Waals surface area contributed by atoms with Gasteiger partial charge in [-0.05, 0) is 42.8 Å². The Labute approximate surface area is 155 Å². The highest BCUT2D eigenvalue weighted by atomic mass is 32.2. The van der Waals surface area contributed by atoms with E-state index in [1.165, 1.54) is 0 Å². The van der Waals surface area contributed by atoms with Crippen molar-refractivity contribution >= 4 is 46.2 Å². The van der Waals surface area contributed by atoms with Crippen LogP contribution in [0.4, 0.5) is 0 Å². The second-order valence-electron chi connectivity index (χ2n) is 5.46. The Morgan fingerprint density at radius 3 is 2.36 bits per heavy atom. The number of hydrogen-bond donors (Lipinski definition) is 0. The minimum absolute atomic E-state index is 0.246. The second-order valence-corrected chi connectivity index (χ2v) is 7.14. The third-order valence-electron chi connectivity index (χ3n) is 3.71. The molecule has 2 aromatic carbocycles. The Morgan fingerprint density at radius 2 is 1.76 bits per heavy atom. The first-order valence-electron chi connectivity index (χ1n) is 7.52. The van der Waals surface area contributed by atoms with Crippen LogP contribution in [0, 0.1) is 6.92 Å². The van der Waals surface area contributed by atoms with E-state index in [1.54, 1.807) is 25.3 Å². The summed E-state index contributed by atoms with van der Waals surface area (Å²) in [5.41, 5.74) is 2.32. The number of ether oxygens (including phenoxy) is 1. The van der Waals surface area contributed by atoms with Gasteiger partial charge in [-0.1, -0.05) is 53.8 Å². The molecule has 1 aliphatic rings. The number of benzene rings is 2. The molecule has 25 heavy (non-hydrogen) atoms. The molecular weight excluding hydrogens is 354 g/mol. The molecule has 0 bridgehead atoms. The molecule has 3 rings (SSSR count). The van der Waals surface area contributed by atoms with Gasteiger partial charge < -0.3 is 4.74 Å². The fraction of sp³-hybridized carbons (Fsp3) is 0.105. The lowest BCUT2D eigenvalue weighted by atomic mass is 10.1.